The Kier molecular flexibility index (Phi) is 6.05. The Morgan fingerprint density at radius 2 is 1.36 bits per heavy atom. The van der Waals surface area contributed by atoms with E-state index in [1.807, 2.05) is 13.8 Å². The molecule has 6 aliphatic rings. The largest absolute Gasteiger partial charge is 0.390 e. The van der Waals surface area contributed by atoms with Gasteiger partial charge in [-0.05, 0) is 125 Å². The van der Waals surface area contributed by atoms with Crippen LogP contribution in [-0.4, -0.2) is 69.7 Å². The van der Waals surface area contributed by atoms with Gasteiger partial charge in [-0.25, -0.2) is 0 Å². The quantitative estimate of drug-likeness (QED) is 0.315. The number of fused-ring (bicyclic) bond motifs is 1. The average molecular weight is 507 g/mol. The zero-order valence-corrected chi connectivity index (χ0v) is 23.6. The molecule has 0 amide bonds. The van der Waals surface area contributed by atoms with Gasteiger partial charge in [0, 0.05) is 0 Å². The second-order valence-electron chi connectivity index (χ2n) is 14.8. The molecule has 0 radical (unpaired) electrons. The zero-order chi connectivity index (χ0) is 25.6. The van der Waals surface area contributed by atoms with Gasteiger partial charge in [0.15, 0.2) is 0 Å². The molecular weight excluding hydrogens is 456 g/mol. The van der Waals surface area contributed by atoms with Gasteiger partial charge in [0.2, 0.25) is 0 Å². The molecule has 206 valence electrons. The molecule has 0 bridgehead atoms. The second kappa shape index (κ2) is 8.38. The van der Waals surface area contributed by atoms with Crippen LogP contribution in [0, 0.1) is 5.92 Å². The first-order valence-corrected chi connectivity index (χ1v) is 14.8. The Bertz CT molecular complexity index is 847. The standard InChI is InChI=1S/C30H50O6/c1-25(2,31)12-7-13-27(5)22(34-27)10-16-29-15-8-20(18-24(29)36-29)30(19-32-30)17-11-23-28(6,35-23)14-9-21-26(3,4)33-21/h20-24,31H,7-19H2,1-6H3/t20?,21-,22?,23?,24?,27?,28?,29?,30?/m0/s1. The van der Waals surface area contributed by atoms with E-state index in [-0.39, 0.29) is 28.0 Å². The fraction of sp³-hybridized carbons (Fsp3) is 1.00. The zero-order valence-electron chi connectivity index (χ0n) is 23.6. The van der Waals surface area contributed by atoms with Crippen molar-refractivity contribution in [1.82, 2.24) is 0 Å². The van der Waals surface area contributed by atoms with Crippen molar-refractivity contribution in [2.24, 2.45) is 5.92 Å². The maximum absolute atomic E-state index is 9.96. The predicted octanol–water partition coefficient (Wildman–Crippen LogP) is 5.47. The number of ether oxygens (including phenoxy) is 5. The van der Waals surface area contributed by atoms with Crippen molar-refractivity contribution in [1.29, 1.82) is 0 Å². The Balaban J connectivity index is 0.895. The molecule has 6 rings (SSSR count). The molecule has 0 aromatic heterocycles. The maximum atomic E-state index is 9.96. The van der Waals surface area contributed by atoms with Gasteiger partial charge in [0.05, 0.1) is 64.6 Å². The van der Waals surface area contributed by atoms with E-state index in [2.05, 4.69) is 27.7 Å². The van der Waals surface area contributed by atoms with Crippen molar-refractivity contribution in [2.75, 3.05) is 6.61 Å². The van der Waals surface area contributed by atoms with Crippen molar-refractivity contribution in [2.45, 2.75) is 177 Å². The third kappa shape index (κ3) is 5.29. The highest BCUT2D eigenvalue weighted by Crippen LogP contribution is 2.59. The highest BCUT2D eigenvalue weighted by atomic mass is 16.6. The number of rotatable bonds is 14. The van der Waals surface area contributed by atoms with Gasteiger partial charge in [-0.2, -0.15) is 0 Å². The van der Waals surface area contributed by atoms with Gasteiger partial charge < -0.3 is 28.8 Å². The highest BCUT2D eigenvalue weighted by Gasteiger charge is 2.65. The van der Waals surface area contributed by atoms with Gasteiger partial charge in [-0.1, -0.05) is 0 Å². The van der Waals surface area contributed by atoms with Crippen LogP contribution in [0.25, 0.3) is 0 Å². The molecule has 5 aliphatic heterocycles. The maximum Gasteiger partial charge on any atom is 0.0949 e. The topological polar surface area (TPSA) is 82.9 Å². The first-order valence-electron chi connectivity index (χ1n) is 14.8. The molecule has 5 heterocycles. The van der Waals surface area contributed by atoms with E-state index in [1.165, 1.54) is 12.8 Å². The molecule has 1 N–H and O–H groups in total. The molecule has 1 saturated carbocycles. The van der Waals surface area contributed by atoms with Crippen LogP contribution in [0.3, 0.4) is 0 Å². The molecule has 0 aromatic carbocycles. The van der Waals surface area contributed by atoms with E-state index in [9.17, 15) is 5.11 Å². The minimum atomic E-state index is -0.579. The summed E-state index contributed by atoms with van der Waals surface area (Å²) in [5.41, 5.74) is -0.237. The van der Waals surface area contributed by atoms with Crippen LogP contribution in [0.15, 0.2) is 0 Å². The molecule has 6 nitrogen and oxygen atoms in total. The van der Waals surface area contributed by atoms with E-state index in [0.717, 1.165) is 70.8 Å². The second-order valence-corrected chi connectivity index (χ2v) is 14.8. The molecule has 9 atom stereocenters. The van der Waals surface area contributed by atoms with E-state index in [4.69, 9.17) is 23.7 Å². The van der Waals surface area contributed by atoms with Crippen molar-refractivity contribution in [3.63, 3.8) is 0 Å². The predicted molar refractivity (Wildman–Crippen MR) is 137 cm³/mol. The minimum Gasteiger partial charge on any atom is -0.390 e. The van der Waals surface area contributed by atoms with Gasteiger partial charge in [0.25, 0.3) is 0 Å². The minimum absolute atomic E-state index is 0.0106. The lowest BCUT2D eigenvalue weighted by Crippen LogP contribution is -2.34. The van der Waals surface area contributed by atoms with Gasteiger partial charge >= 0.3 is 0 Å². The summed E-state index contributed by atoms with van der Waals surface area (Å²) in [4.78, 5) is 0. The number of aliphatic hydroxyl groups is 1. The lowest BCUT2D eigenvalue weighted by molar-refractivity contribution is 0.0662. The molecule has 6 heteroatoms. The van der Waals surface area contributed by atoms with Crippen LogP contribution in [0.1, 0.15) is 119 Å². The van der Waals surface area contributed by atoms with Crippen LogP contribution in [0.4, 0.5) is 0 Å². The van der Waals surface area contributed by atoms with Gasteiger partial charge in [-0.15, -0.1) is 0 Å². The van der Waals surface area contributed by atoms with Crippen LogP contribution < -0.4 is 0 Å². The summed E-state index contributed by atoms with van der Waals surface area (Å²) in [5, 5.41) is 9.96. The summed E-state index contributed by atoms with van der Waals surface area (Å²) in [6, 6.07) is 0. The van der Waals surface area contributed by atoms with Crippen molar-refractivity contribution in [3.05, 3.63) is 0 Å². The third-order valence-corrected chi connectivity index (χ3v) is 10.8. The van der Waals surface area contributed by atoms with E-state index < -0.39 is 5.60 Å². The summed E-state index contributed by atoms with van der Waals surface area (Å²) < 4.78 is 30.5. The molecular formula is C30H50O6. The average Bonchev–Trinajstić information content (AvgIpc) is 3.56. The first kappa shape index (κ1) is 26.0. The molecule has 6 fully saturated rings. The lowest BCUT2D eigenvalue weighted by atomic mass is 9.72. The van der Waals surface area contributed by atoms with Crippen LogP contribution in [-0.2, 0) is 23.7 Å². The molecule has 0 aromatic rings. The SMILES string of the molecule is CC(C)(O)CCCC1(C)OC1CCC12CCC(C3(CCC4OC4(C)CC[C@@H]4OC4(C)C)CO3)CC1O2. The summed E-state index contributed by atoms with van der Waals surface area (Å²) in [6.07, 6.45) is 14.7. The fourth-order valence-corrected chi connectivity index (χ4v) is 7.56. The van der Waals surface area contributed by atoms with Crippen molar-refractivity contribution < 1.29 is 28.8 Å². The van der Waals surface area contributed by atoms with E-state index >= 15 is 0 Å². The Morgan fingerprint density at radius 3 is 1.92 bits per heavy atom. The molecule has 36 heavy (non-hydrogen) atoms. The summed E-state index contributed by atoms with van der Waals surface area (Å²) >= 11 is 0. The summed E-state index contributed by atoms with van der Waals surface area (Å²) in [5.74, 6) is 0.632. The van der Waals surface area contributed by atoms with Crippen LogP contribution >= 0.6 is 0 Å². The number of epoxide rings is 5. The third-order valence-electron chi connectivity index (χ3n) is 10.8. The highest BCUT2D eigenvalue weighted by molar-refractivity contribution is 5.14. The van der Waals surface area contributed by atoms with Crippen LogP contribution in [0.5, 0.6) is 0 Å². The monoisotopic (exact) mass is 506 g/mol. The first-order chi connectivity index (χ1) is 16.8. The smallest absolute Gasteiger partial charge is 0.0949 e. The normalized spacial score (nSPS) is 49.9. The summed E-state index contributed by atoms with van der Waals surface area (Å²) in [6.45, 7) is 13.6. The Hall–Kier alpha value is -0.240. The molecule has 1 aliphatic carbocycles. The van der Waals surface area contributed by atoms with E-state index in [0.29, 0.717) is 30.3 Å². The molecule has 8 unspecified atom stereocenters. The number of hydrogen-bond donors (Lipinski definition) is 1. The number of hydrogen-bond acceptors (Lipinski definition) is 6. The summed E-state index contributed by atoms with van der Waals surface area (Å²) in [7, 11) is 0. The lowest BCUT2D eigenvalue weighted by Gasteiger charge is -2.29. The molecule has 0 spiro atoms. The molecule has 5 saturated heterocycles. The van der Waals surface area contributed by atoms with Gasteiger partial charge in [0.1, 0.15) is 0 Å². The fourth-order valence-electron chi connectivity index (χ4n) is 7.56. The van der Waals surface area contributed by atoms with Crippen LogP contribution in [0.2, 0.25) is 0 Å². The van der Waals surface area contributed by atoms with Gasteiger partial charge in [-0.3, -0.25) is 0 Å². The van der Waals surface area contributed by atoms with Crippen molar-refractivity contribution in [3.8, 4) is 0 Å². The Morgan fingerprint density at radius 1 is 0.778 bits per heavy atom. The van der Waals surface area contributed by atoms with Crippen molar-refractivity contribution >= 4 is 0 Å². The Labute approximate surface area is 218 Å². The van der Waals surface area contributed by atoms with E-state index in [1.54, 1.807) is 0 Å².